The average Bonchev–Trinajstić information content (AvgIpc) is 2.01. The number of allylic oxidation sites excluding steroid dienone is 2. The first-order chi connectivity index (χ1) is 6.39. The fourth-order valence-corrected chi connectivity index (χ4v) is 3.12. The Labute approximate surface area is 89.1 Å². The molecule has 0 unspecified atom stereocenters. The van der Waals surface area contributed by atoms with Crippen LogP contribution >= 0.6 is 0 Å². The first-order valence-corrected chi connectivity index (χ1v) is 5.67. The summed E-state index contributed by atoms with van der Waals surface area (Å²) in [5.41, 5.74) is 2.15. The van der Waals surface area contributed by atoms with Crippen molar-refractivity contribution in [3.8, 4) is 0 Å². The molecule has 0 aromatic rings. The van der Waals surface area contributed by atoms with Crippen LogP contribution in [0.4, 0.5) is 0 Å². The molecule has 1 aliphatic rings. The van der Waals surface area contributed by atoms with E-state index in [1.807, 2.05) is 0 Å². The minimum atomic E-state index is 0.364. The van der Waals surface area contributed by atoms with E-state index in [9.17, 15) is 0 Å². The Balaban J connectivity index is 2.71. The molecule has 0 spiro atoms. The molecule has 1 saturated carbocycles. The van der Waals surface area contributed by atoms with Gasteiger partial charge in [0.15, 0.2) is 0 Å². The van der Waals surface area contributed by atoms with E-state index in [1.165, 1.54) is 37.7 Å². The van der Waals surface area contributed by atoms with Gasteiger partial charge in [-0.15, -0.1) is 13.2 Å². The van der Waals surface area contributed by atoms with Gasteiger partial charge in [0.2, 0.25) is 0 Å². The van der Waals surface area contributed by atoms with Crippen molar-refractivity contribution in [2.75, 3.05) is 0 Å². The quantitative estimate of drug-likeness (QED) is 0.567. The van der Waals surface area contributed by atoms with Crippen molar-refractivity contribution in [2.45, 2.75) is 52.9 Å². The van der Waals surface area contributed by atoms with Gasteiger partial charge in [-0.2, -0.15) is 0 Å². The summed E-state index contributed by atoms with van der Waals surface area (Å²) in [4.78, 5) is 0. The molecule has 1 rings (SSSR count). The minimum absolute atomic E-state index is 0.364. The summed E-state index contributed by atoms with van der Waals surface area (Å²) < 4.78 is 0. The molecule has 0 N–H and O–H groups in total. The summed E-state index contributed by atoms with van der Waals surface area (Å²) in [5, 5.41) is 0. The van der Waals surface area contributed by atoms with E-state index in [1.54, 1.807) is 0 Å². The highest BCUT2D eigenvalue weighted by Crippen LogP contribution is 2.49. The van der Waals surface area contributed by atoms with Crippen LogP contribution in [0.5, 0.6) is 0 Å². The van der Waals surface area contributed by atoms with Crippen LogP contribution in [0.3, 0.4) is 0 Å². The highest BCUT2D eigenvalue weighted by Gasteiger charge is 2.37. The molecular weight excluding hydrogens is 168 g/mol. The number of rotatable bonds is 3. The van der Waals surface area contributed by atoms with E-state index >= 15 is 0 Å². The highest BCUT2D eigenvalue weighted by molar-refractivity contribution is 5.03. The first kappa shape index (κ1) is 11.6. The Kier molecular flexibility index (Phi) is 3.24. The Morgan fingerprint density at radius 1 is 1.36 bits per heavy atom. The summed E-state index contributed by atoms with van der Waals surface area (Å²) in [6.45, 7) is 14.9. The van der Waals surface area contributed by atoms with Gasteiger partial charge in [0, 0.05) is 0 Å². The summed E-state index contributed by atoms with van der Waals surface area (Å²) in [7, 11) is 0. The van der Waals surface area contributed by atoms with Gasteiger partial charge in [0.25, 0.3) is 0 Å². The first-order valence-electron chi connectivity index (χ1n) is 5.67. The Morgan fingerprint density at radius 2 is 2.00 bits per heavy atom. The fourth-order valence-electron chi connectivity index (χ4n) is 3.12. The van der Waals surface area contributed by atoms with Gasteiger partial charge in [0.05, 0.1) is 0 Å². The molecule has 80 valence electrons. The van der Waals surface area contributed by atoms with Gasteiger partial charge in [0.1, 0.15) is 0 Å². The van der Waals surface area contributed by atoms with E-state index in [2.05, 4.69) is 40.0 Å². The molecule has 1 aliphatic carbocycles. The Bertz CT molecular complexity index is 238. The summed E-state index contributed by atoms with van der Waals surface area (Å²) in [5.74, 6) is 0. The smallest absolute Gasteiger partial charge is 0.0144 e. The standard InChI is InChI=1S/C14H24/c1-6-13(4)8-7-9-14(5,11-13)10-12(2)3/h6H,1-2,7-11H2,3-5H3/t13-,14-/m1/s1. The van der Waals surface area contributed by atoms with E-state index in [0.717, 1.165) is 0 Å². The zero-order valence-electron chi connectivity index (χ0n) is 10.0. The molecule has 0 aromatic carbocycles. The monoisotopic (exact) mass is 192 g/mol. The third-order valence-corrected chi connectivity index (χ3v) is 3.58. The van der Waals surface area contributed by atoms with Crippen LogP contribution in [-0.4, -0.2) is 0 Å². The molecule has 14 heavy (non-hydrogen) atoms. The second kappa shape index (κ2) is 3.92. The topological polar surface area (TPSA) is 0 Å². The van der Waals surface area contributed by atoms with Crippen LogP contribution in [0, 0.1) is 10.8 Å². The normalized spacial score (nSPS) is 37.9. The molecule has 1 fully saturated rings. The molecule has 0 radical (unpaired) electrons. The van der Waals surface area contributed by atoms with Crippen molar-refractivity contribution in [3.63, 3.8) is 0 Å². The lowest BCUT2D eigenvalue weighted by Gasteiger charge is -2.43. The molecule has 2 atom stereocenters. The zero-order valence-corrected chi connectivity index (χ0v) is 10.0. The maximum atomic E-state index is 4.04. The molecule has 0 heteroatoms. The van der Waals surface area contributed by atoms with E-state index in [4.69, 9.17) is 0 Å². The van der Waals surface area contributed by atoms with Crippen molar-refractivity contribution in [1.29, 1.82) is 0 Å². The lowest BCUT2D eigenvalue weighted by Crippen LogP contribution is -2.31. The van der Waals surface area contributed by atoms with Crippen LogP contribution in [0.1, 0.15) is 52.9 Å². The maximum absolute atomic E-state index is 4.04. The van der Waals surface area contributed by atoms with Crippen LogP contribution in [0.25, 0.3) is 0 Å². The lowest BCUT2D eigenvalue weighted by molar-refractivity contribution is 0.121. The van der Waals surface area contributed by atoms with Crippen LogP contribution in [-0.2, 0) is 0 Å². The Morgan fingerprint density at radius 3 is 2.50 bits per heavy atom. The van der Waals surface area contributed by atoms with E-state index in [-0.39, 0.29) is 0 Å². The van der Waals surface area contributed by atoms with Gasteiger partial charge in [-0.05, 0) is 43.4 Å². The van der Waals surface area contributed by atoms with Crippen LogP contribution in [0.2, 0.25) is 0 Å². The van der Waals surface area contributed by atoms with Gasteiger partial charge in [-0.25, -0.2) is 0 Å². The summed E-state index contributed by atoms with van der Waals surface area (Å²) >= 11 is 0. The predicted octanol–water partition coefficient (Wildman–Crippen LogP) is 4.73. The van der Waals surface area contributed by atoms with Crippen LogP contribution < -0.4 is 0 Å². The molecular formula is C14H24. The van der Waals surface area contributed by atoms with E-state index in [0.29, 0.717) is 10.8 Å². The molecule has 0 aromatic heterocycles. The minimum Gasteiger partial charge on any atom is -0.103 e. The summed E-state index contributed by atoms with van der Waals surface area (Å²) in [6.07, 6.45) is 8.60. The van der Waals surface area contributed by atoms with Crippen molar-refractivity contribution in [3.05, 3.63) is 24.8 Å². The van der Waals surface area contributed by atoms with Crippen molar-refractivity contribution < 1.29 is 0 Å². The zero-order chi connectivity index (χ0) is 10.8. The van der Waals surface area contributed by atoms with Gasteiger partial charge < -0.3 is 0 Å². The molecule has 0 aliphatic heterocycles. The molecule has 0 nitrogen and oxygen atoms in total. The maximum Gasteiger partial charge on any atom is -0.0144 e. The molecule has 0 heterocycles. The largest absolute Gasteiger partial charge is 0.103 e. The average molecular weight is 192 g/mol. The van der Waals surface area contributed by atoms with Crippen molar-refractivity contribution >= 4 is 0 Å². The van der Waals surface area contributed by atoms with Crippen molar-refractivity contribution in [2.24, 2.45) is 10.8 Å². The summed E-state index contributed by atoms with van der Waals surface area (Å²) in [6, 6.07) is 0. The second-order valence-electron chi connectivity index (χ2n) is 5.83. The van der Waals surface area contributed by atoms with Gasteiger partial charge in [-0.3, -0.25) is 0 Å². The van der Waals surface area contributed by atoms with Gasteiger partial charge >= 0.3 is 0 Å². The van der Waals surface area contributed by atoms with Crippen LogP contribution in [0.15, 0.2) is 24.8 Å². The predicted molar refractivity (Wildman–Crippen MR) is 64.3 cm³/mol. The van der Waals surface area contributed by atoms with Crippen molar-refractivity contribution in [1.82, 2.24) is 0 Å². The second-order valence-corrected chi connectivity index (χ2v) is 5.83. The fraction of sp³-hybridized carbons (Fsp3) is 0.714. The SMILES string of the molecule is C=C[C@]1(C)CCC[C@](C)(CC(=C)C)C1. The van der Waals surface area contributed by atoms with Gasteiger partial charge in [-0.1, -0.05) is 31.9 Å². The number of hydrogen-bond acceptors (Lipinski definition) is 0. The Hall–Kier alpha value is -0.520. The number of hydrogen-bond donors (Lipinski definition) is 0. The molecule has 0 bridgehead atoms. The third kappa shape index (κ3) is 2.73. The van der Waals surface area contributed by atoms with E-state index < -0.39 is 0 Å². The highest BCUT2D eigenvalue weighted by atomic mass is 14.4. The lowest BCUT2D eigenvalue weighted by atomic mass is 9.62. The third-order valence-electron chi connectivity index (χ3n) is 3.58. The molecule has 0 saturated heterocycles. The molecule has 0 amide bonds.